The molecule has 0 bridgehead atoms. The Labute approximate surface area is 190 Å². The highest BCUT2D eigenvalue weighted by Gasteiger charge is 2.12. The highest BCUT2D eigenvalue weighted by Crippen LogP contribution is 2.29. The second-order valence-electron chi connectivity index (χ2n) is 6.29. The summed E-state index contributed by atoms with van der Waals surface area (Å²) in [6.07, 6.45) is -0.578. The number of benzene rings is 1. The molecular formula is C19H26IN5OS2. The van der Waals surface area contributed by atoms with E-state index in [-0.39, 0.29) is 24.0 Å². The van der Waals surface area contributed by atoms with Crippen LogP contribution in [0.5, 0.6) is 0 Å². The summed E-state index contributed by atoms with van der Waals surface area (Å²) >= 11 is 3.23. The Morgan fingerprint density at radius 2 is 2.07 bits per heavy atom. The molecule has 2 aromatic heterocycles. The van der Waals surface area contributed by atoms with Crippen LogP contribution in [0.25, 0.3) is 10.1 Å². The minimum Gasteiger partial charge on any atom is -0.386 e. The fourth-order valence-corrected chi connectivity index (χ4v) is 4.34. The topological polar surface area (TPSA) is 72.8 Å². The Balaban J connectivity index is 0.00000280. The number of hydrogen-bond donors (Lipinski definition) is 3. The minimum atomic E-state index is -0.578. The van der Waals surface area contributed by atoms with E-state index in [2.05, 4.69) is 38.8 Å². The van der Waals surface area contributed by atoms with Crippen molar-refractivity contribution in [2.45, 2.75) is 19.6 Å². The maximum atomic E-state index is 10.5. The Morgan fingerprint density at radius 1 is 1.29 bits per heavy atom. The van der Waals surface area contributed by atoms with Crippen molar-refractivity contribution in [1.29, 1.82) is 0 Å². The Hall–Kier alpha value is -1.43. The molecule has 0 aliphatic heterocycles. The van der Waals surface area contributed by atoms with E-state index >= 15 is 0 Å². The summed E-state index contributed by atoms with van der Waals surface area (Å²) < 4.78 is 1.19. The fourth-order valence-electron chi connectivity index (χ4n) is 2.54. The van der Waals surface area contributed by atoms with Crippen molar-refractivity contribution in [3.63, 3.8) is 0 Å². The SMILES string of the molecule is CCNC(=NCc1csc(N(C)C)n1)NCC(O)c1cc2ccccc2s1.I. The molecule has 1 unspecified atom stereocenters. The van der Waals surface area contributed by atoms with Gasteiger partial charge in [-0.25, -0.2) is 9.98 Å². The molecule has 152 valence electrons. The lowest BCUT2D eigenvalue weighted by atomic mass is 10.2. The number of rotatable bonds is 7. The van der Waals surface area contributed by atoms with Gasteiger partial charge in [0.05, 0.1) is 12.2 Å². The first-order chi connectivity index (χ1) is 13.1. The van der Waals surface area contributed by atoms with Crippen molar-refractivity contribution in [2.75, 3.05) is 32.1 Å². The third-order valence-corrected chi connectivity index (χ3v) is 6.18. The van der Waals surface area contributed by atoms with E-state index in [1.807, 2.05) is 43.4 Å². The molecule has 0 aliphatic carbocycles. The first-order valence-electron chi connectivity index (χ1n) is 8.87. The third kappa shape index (κ3) is 6.03. The van der Waals surface area contributed by atoms with Crippen molar-refractivity contribution in [2.24, 2.45) is 4.99 Å². The largest absolute Gasteiger partial charge is 0.386 e. The van der Waals surface area contributed by atoms with Crippen LogP contribution < -0.4 is 15.5 Å². The van der Waals surface area contributed by atoms with Gasteiger partial charge in [0.1, 0.15) is 6.10 Å². The average Bonchev–Trinajstić information content (AvgIpc) is 3.30. The second-order valence-corrected chi connectivity index (χ2v) is 8.25. The molecule has 3 N–H and O–H groups in total. The van der Waals surface area contributed by atoms with Gasteiger partial charge in [-0.05, 0) is 24.4 Å². The molecule has 0 saturated heterocycles. The van der Waals surface area contributed by atoms with Crippen LogP contribution in [0, 0.1) is 0 Å². The number of guanidine groups is 1. The monoisotopic (exact) mass is 531 g/mol. The lowest BCUT2D eigenvalue weighted by Crippen LogP contribution is -2.39. The standard InChI is InChI=1S/C19H25N5OS2.HI/c1-4-20-18(21-10-14-12-26-19(23-14)24(2)3)22-11-15(25)17-9-13-7-5-6-8-16(13)27-17;/h5-9,12,15,25H,4,10-11H2,1-3H3,(H2,20,21,22);1H. The molecule has 28 heavy (non-hydrogen) atoms. The molecule has 9 heteroatoms. The third-order valence-electron chi connectivity index (χ3n) is 3.90. The number of nitrogens with one attached hydrogen (secondary N) is 2. The molecule has 0 fully saturated rings. The number of halogens is 1. The molecule has 2 heterocycles. The van der Waals surface area contributed by atoms with E-state index in [1.54, 1.807) is 22.7 Å². The number of anilines is 1. The zero-order chi connectivity index (χ0) is 19.2. The predicted molar refractivity (Wildman–Crippen MR) is 131 cm³/mol. The number of thiophene rings is 1. The van der Waals surface area contributed by atoms with E-state index in [4.69, 9.17) is 0 Å². The van der Waals surface area contributed by atoms with Crippen molar-refractivity contribution in [3.8, 4) is 0 Å². The predicted octanol–water partition coefficient (Wildman–Crippen LogP) is 3.83. The average molecular weight is 531 g/mol. The van der Waals surface area contributed by atoms with Gasteiger partial charge in [-0.2, -0.15) is 0 Å². The van der Waals surface area contributed by atoms with Crippen LogP contribution in [0.1, 0.15) is 23.6 Å². The number of hydrogen-bond acceptors (Lipinski definition) is 6. The molecule has 0 aliphatic rings. The molecule has 3 rings (SSSR count). The normalized spacial score (nSPS) is 12.5. The molecule has 6 nitrogen and oxygen atoms in total. The summed E-state index contributed by atoms with van der Waals surface area (Å²) in [7, 11) is 3.96. The first kappa shape index (κ1) is 22.9. The molecule has 1 atom stereocenters. The summed E-state index contributed by atoms with van der Waals surface area (Å²) in [5.74, 6) is 0.678. The Kier molecular flexibility index (Phi) is 8.93. The lowest BCUT2D eigenvalue weighted by molar-refractivity contribution is 0.184. The summed E-state index contributed by atoms with van der Waals surface area (Å²) in [4.78, 5) is 12.1. The number of nitrogens with zero attached hydrogens (tertiary/aromatic N) is 3. The minimum absolute atomic E-state index is 0. The van der Waals surface area contributed by atoms with Crippen LogP contribution in [0.2, 0.25) is 0 Å². The van der Waals surface area contributed by atoms with Crippen LogP contribution in [0.15, 0.2) is 40.7 Å². The van der Waals surface area contributed by atoms with Crippen LogP contribution in [-0.4, -0.2) is 43.2 Å². The van der Waals surface area contributed by atoms with Gasteiger partial charge in [0.2, 0.25) is 0 Å². The second kappa shape index (κ2) is 10.9. The summed E-state index contributed by atoms with van der Waals surface area (Å²) in [6, 6.07) is 10.2. The van der Waals surface area contributed by atoms with Crippen LogP contribution in [-0.2, 0) is 6.54 Å². The number of fused-ring (bicyclic) bond motifs is 1. The Bertz CT molecular complexity index is 876. The number of aliphatic hydroxyl groups is 1. The van der Waals surface area contributed by atoms with Crippen molar-refractivity contribution < 1.29 is 5.11 Å². The molecule has 0 radical (unpaired) electrons. The van der Waals surface area contributed by atoms with E-state index in [1.165, 1.54) is 4.70 Å². The van der Waals surface area contributed by atoms with Gasteiger partial charge in [-0.1, -0.05) is 18.2 Å². The zero-order valence-corrected chi connectivity index (χ0v) is 20.1. The Morgan fingerprint density at radius 3 is 2.75 bits per heavy atom. The van der Waals surface area contributed by atoms with Crippen LogP contribution in [0.3, 0.4) is 0 Å². The first-order valence-corrected chi connectivity index (χ1v) is 10.6. The van der Waals surface area contributed by atoms with E-state index in [9.17, 15) is 5.11 Å². The van der Waals surface area contributed by atoms with Gasteiger partial charge in [-0.15, -0.1) is 46.7 Å². The van der Waals surface area contributed by atoms with Crippen LogP contribution >= 0.6 is 46.7 Å². The van der Waals surface area contributed by atoms with E-state index in [0.717, 1.165) is 27.6 Å². The molecule has 1 aromatic carbocycles. The molecule has 0 saturated carbocycles. The van der Waals surface area contributed by atoms with E-state index in [0.29, 0.717) is 19.0 Å². The molecule has 3 aromatic rings. The summed E-state index contributed by atoms with van der Waals surface area (Å²) in [6.45, 7) is 3.68. The number of aromatic nitrogens is 1. The summed E-state index contributed by atoms with van der Waals surface area (Å²) in [5, 5.41) is 21.1. The van der Waals surface area contributed by atoms with Gasteiger partial charge in [0, 0.05) is 42.1 Å². The van der Waals surface area contributed by atoms with Gasteiger partial charge in [-0.3, -0.25) is 0 Å². The van der Waals surface area contributed by atoms with Crippen molar-refractivity contribution in [3.05, 3.63) is 46.3 Å². The van der Waals surface area contributed by atoms with Gasteiger partial charge in [0.25, 0.3) is 0 Å². The van der Waals surface area contributed by atoms with Gasteiger partial charge in [0.15, 0.2) is 11.1 Å². The maximum Gasteiger partial charge on any atom is 0.191 e. The smallest absolute Gasteiger partial charge is 0.191 e. The fraction of sp³-hybridized carbons (Fsp3) is 0.368. The molecular weight excluding hydrogens is 505 g/mol. The van der Waals surface area contributed by atoms with Gasteiger partial charge < -0.3 is 20.6 Å². The lowest BCUT2D eigenvalue weighted by Gasteiger charge is -2.14. The van der Waals surface area contributed by atoms with Crippen molar-refractivity contribution >= 4 is 67.8 Å². The van der Waals surface area contributed by atoms with Gasteiger partial charge >= 0.3 is 0 Å². The van der Waals surface area contributed by atoms with Crippen molar-refractivity contribution in [1.82, 2.24) is 15.6 Å². The highest BCUT2D eigenvalue weighted by molar-refractivity contribution is 14.0. The maximum absolute atomic E-state index is 10.5. The quantitative estimate of drug-likeness (QED) is 0.246. The molecule has 0 spiro atoms. The van der Waals surface area contributed by atoms with Crippen LogP contribution in [0.4, 0.5) is 5.13 Å². The molecule has 0 amide bonds. The number of thiazole rings is 1. The number of aliphatic hydroxyl groups excluding tert-OH is 1. The van der Waals surface area contributed by atoms with E-state index < -0.39 is 6.10 Å². The summed E-state index contributed by atoms with van der Waals surface area (Å²) in [5.41, 5.74) is 0.936. The highest BCUT2D eigenvalue weighted by atomic mass is 127. The zero-order valence-electron chi connectivity index (χ0n) is 16.2. The number of aliphatic imine (C=N–C) groups is 1.